The van der Waals surface area contributed by atoms with E-state index in [9.17, 15) is 19.8 Å². The SMILES string of the molecule is CCCCCCCC/C=C\CCCCCCCCCCCC(=O)OCCCCCCCCCCCCCC/C=C\CCCCCCCCCCCCCCCCCCC(=O)NC(CO)C(O)/C=C/CCCCCCCCCCCCCCCCCCCCCC. The van der Waals surface area contributed by atoms with Gasteiger partial charge in [0.2, 0.25) is 5.91 Å². The van der Waals surface area contributed by atoms with Gasteiger partial charge >= 0.3 is 5.97 Å². The quantitative estimate of drug-likeness (QED) is 0.0320. The third kappa shape index (κ3) is 75.1. The van der Waals surface area contributed by atoms with E-state index in [-0.39, 0.29) is 18.5 Å². The van der Waals surface area contributed by atoms with Crippen LogP contribution in [0.4, 0.5) is 0 Å². The highest BCUT2D eigenvalue weighted by atomic mass is 16.5. The van der Waals surface area contributed by atoms with Crippen molar-refractivity contribution in [3.05, 3.63) is 36.5 Å². The van der Waals surface area contributed by atoms with Crippen LogP contribution in [0.2, 0.25) is 0 Å². The molecule has 0 aliphatic rings. The molecular weight excluding hydrogens is 1100 g/mol. The molecule has 2 atom stereocenters. The molecule has 0 radical (unpaired) electrons. The number of esters is 1. The van der Waals surface area contributed by atoms with Gasteiger partial charge in [-0.3, -0.25) is 9.59 Å². The maximum Gasteiger partial charge on any atom is 0.305 e. The number of aliphatic hydroxyl groups excluding tert-OH is 2. The minimum atomic E-state index is -0.844. The van der Waals surface area contributed by atoms with E-state index in [2.05, 4.69) is 43.5 Å². The van der Waals surface area contributed by atoms with Crippen molar-refractivity contribution in [3.63, 3.8) is 0 Å². The minimum Gasteiger partial charge on any atom is -0.466 e. The van der Waals surface area contributed by atoms with Crippen molar-refractivity contribution in [3.8, 4) is 0 Å². The second kappa shape index (κ2) is 79.5. The molecule has 0 spiro atoms. The van der Waals surface area contributed by atoms with Gasteiger partial charge in [-0.1, -0.05) is 403 Å². The molecule has 6 heteroatoms. The van der Waals surface area contributed by atoms with E-state index in [1.165, 1.54) is 398 Å². The van der Waals surface area contributed by atoms with Gasteiger partial charge in [-0.2, -0.15) is 0 Å². The number of aliphatic hydroxyl groups is 2. The second-order valence-electron chi connectivity index (χ2n) is 28.4. The number of hydrogen-bond acceptors (Lipinski definition) is 5. The number of carbonyl (C=O) groups is 2. The summed E-state index contributed by atoms with van der Waals surface area (Å²) in [5.74, 6) is -0.0421. The van der Waals surface area contributed by atoms with Gasteiger partial charge in [-0.15, -0.1) is 0 Å². The van der Waals surface area contributed by atoms with E-state index in [0.29, 0.717) is 19.4 Å². The molecule has 90 heavy (non-hydrogen) atoms. The lowest BCUT2D eigenvalue weighted by atomic mass is 10.0. The van der Waals surface area contributed by atoms with Crippen LogP contribution in [0, 0.1) is 0 Å². The smallest absolute Gasteiger partial charge is 0.305 e. The molecule has 0 aromatic heterocycles. The Kier molecular flexibility index (Phi) is 77.8. The number of allylic oxidation sites excluding steroid dienone is 5. The molecule has 0 saturated carbocycles. The molecule has 0 saturated heterocycles. The van der Waals surface area contributed by atoms with Crippen LogP contribution in [0.15, 0.2) is 36.5 Å². The van der Waals surface area contributed by atoms with Gasteiger partial charge in [0.1, 0.15) is 0 Å². The third-order valence-electron chi connectivity index (χ3n) is 19.4. The number of unbranched alkanes of at least 4 members (excludes halogenated alkanes) is 63. The second-order valence-corrected chi connectivity index (χ2v) is 28.4. The molecule has 0 aromatic carbocycles. The van der Waals surface area contributed by atoms with E-state index in [0.717, 1.165) is 38.5 Å². The summed E-state index contributed by atoms with van der Waals surface area (Å²) in [6.45, 7) is 4.95. The summed E-state index contributed by atoms with van der Waals surface area (Å²) in [5, 5.41) is 23.3. The molecule has 3 N–H and O–H groups in total. The van der Waals surface area contributed by atoms with Crippen LogP contribution < -0.4 is 5.32 Å². The molecule has 1 amide bonds. The molecule has 0 rings (SSSR count). The molecule has 0 aliphatic heterocycles. The lowest BCUT2D eigenvalue weighted by Crippen LogP contribution is -2.45. The van der Waals surface area contributed by atoms with Crippen molar-refractivity contribution in [2.24, 2.45) is 0 Å². The van der Waals surface area contributed by atoms with Gasteiger partial charge < -0.3 is 20.3 Å². The van der Waals surface area contributed by atoms with Crippen LogP contribution in [-0.4, -0.2) is 47.4 Å². The summed E-state index contributed by atoms with van der Waals surface area (Å²) < 4.78 is 5.52. The molecule has 2 unspecified atom stereocenters. The molecule has 0 aromatic rings. The first-order valence-electron chi connectivity index (χ1n) is 41.3. The fourth-order valence-corrected chi connectivity index (χ4v) is 13.1. The lowest BCUT2D eigenvalue weighted by Gasteiger charge is -2.20. The summed E-state index contributed by atoms with van der Waals surface area (Å²) in [5.41, 5.74) is 0. The first-order chi connectivity index (χ1) is 44.5. The number of nitrogens with one attached hydrogen (secondary N) is 1. The predicted octanol–water partition coefficient (Wildman–Crippen LogP) is 27.4. The maximum atomic E-state index is 12.6. The zero-order chi connectivity index (χ0) is 64.9. The van der Waals surface area contributed by atoms with Crippen molar-refractivity contribution in [1.29, 1.82) is 0 Å². The van der Waals surface area contributed by atoms with Crippen molar-refractivity contribution in [2.75, 3.05) is 13.2 Å². The number of hydrogen-bond donors (Lipinski definition) is 3. The van der Waals surface area contributed by atoms with E-state index < -0.39 is 12.1 Å². The summed E-state index contributed by atoms with van der Waals surface area (Å²) >= 11 is 0. The Labute approximate surface area is 564 Å². The first-order valence-corrected chi connectivity index (χ1v) is 41.3. The Morgan fingerprint density at radius 1 is 0.300 bits per heavy atom. The van der Waals surface area contributed by atoms with Crippen molar-refractivity contribution in [2.45, 2.75) is 475 Å². The van der Waals surface area contributed by atoms with Crippen LogP contribution in [0.25, 0.3) is 0 Å². The highest BCUT2D eigenvalue weighted by Gasteiger charge is 2.18. The van der Waals surface area contributed by atoms with Gasteiger partial charge in [0.05, 0.1) is 25.4 Å². The fourth-order valence-electron chi connectivity index (χ4n) is 13.1. The maximum absolute atomic E-state index is 12.6. The topological polar surface area (TPSA) is 95.9 Å². The highest BCUT2D eigenvalue weighted by Crippen LogP contribution is 2.20. The van der Waals surface area contributed by atoms with Crippen LogP contribution in [0.5, 0.6) is 0 Å². The molecule has 0 aliphatic carbocycles. The van der Waals surface area contributed by atoms with Crippen LogP contribution >= 0.6 is 0 Å². The Hall–Kier alpha value is -1.92. The summed E-state index contributed by atoms with van der Waals surface area (Å²) in [7, 11) is 0. The molecule has 6 nitrogen and oxygen atoms in total. The average Bonchev–Trinajstić information content (AvgIpc) is 3.60. The summed E-state index contributed by atoms with van der Waals surface area (Å²) in [6, 6.07) is -0.627. The van der Waals surface area contributed by atoms with Gasteiger partial charge in [-0.05, 0) is 83.5 Å². The highest BCUT2D eigenvalue weighted by molar-refractivity contribution is 5.76. The van der Waals surface area contributed by atoms with Gasteiger partial charge in [-0.25, -0.2) is 0 Å². The zero-order valence-corrected chi connectivity index (χ0v) is 61.1. The van der Waals surface area contributed by atoms with Crippen molar-refractivity contribution < 1.29 is 24.5 Å². The Morgan fingerprint density at radius 3 is 0.789 bits per heavy atom. The van der Waals surface area contributed by atoms with Crippen molar-refractivity contribution >= 4 is 11.9 Å². The predicted molar refractivity (Wildman–Crippen MR) is 398 cm³/mol. The standard InChI is InChI=1S/C84H161NO5/c1-3-5-7-9-11-13-15-17-19-21-23-24-37-41-44-48-52-56-60-64-68-72-76-82(87)81(80-86)85-83(88)77-73-69-65-61-57-53-49-45-42-38-35-33-31-29-27-25-26-28-30-32-34-36-39-43-47-51-55-59-63-67-71-75-79-90-84(89)78-74-70-66-62-58-54-50-46-40-22-20-18-16-14-12-10-8-6-4-2/h18,20,28,30,72,76,81-82,86-87H,3-17,19,21-27,29,31-71,73-75,77-80H2,1-2H3,(H,85,88)/b20-18-,30-28-,76-72+. The van der Waals surface area contributed by atoms with Gasteiger partial charge in [0, 0.05) is 12.8 Å². The third-order valence-corrected chi connectivity index (χ3v) is 19.4. The number of ether oxygens (including phenoxy) is 1. The minimum absolute atomic E-state index is 0.0185. The van der Waals surface area contributed by atoms with Crippen LogP contribution in [0.1, 0.15) is 463 Å². The van der Waals surface area contributed by atoms with Crippen LogP contribution in [0.3, 0.4) is 0 Å². The Bertz CT molecular complexity index is 1460. The number of amides is 1. The number of rotatable bonds is 78. The van der Waals surface area contributed by atoms with Gasteiger partial charge in [0.25, 0.3) is 0 Å². The van der Waals surface area contributed by atoms with Crippen LogP contribution in [-0.2, 0) is 14.3 Å². The lowest BCUT2D eigenvalue weighted by molar-refractivity contribution is -0.143. The van der Waals surface area contributed by atoms with E-state index in [1.54, 1.807) is 6.08 Å². The van der Waals surface area contributed by atoms with Gasteiger partial charge in [0.15, 0.2) is 0 Å². The fraction of sp³-hybridized carbons (Fsp3) is 0.905. The first kappa shape index (κ1) is 88.1. The molecule has 0 fully saturated rings. The Balaban J connectivity index is 3.37. The van der Waals surface area contributed by atoms with E-state index in [4.69, 9.17) is 4.74 Å². The summed E-state index contributed by atoms with van der Waals surface area (Å²) in [4.78, 5) is 24.7. The zero-order valence-electron chi connectivity index (χ0n) is 61.1. The van der Waals surface area contributed by atoms with E-state index >= 15 is 0 Å². The largest absolute Gasteiger partial charge is 0.466 e. The monoisotopic (exact) mass is 1260 g/mol. The van der Waals surface area contributed by atoms with E-state index in [1.807, 2.05) is 6.08 Å². The molecule has 0 bridgehead atoms. The Morgan fingerprint density at radius 2 is 0.522 bits per heavy atom. The number of carbonyl (C=O) groups excluding carboxylic acids is 2. The normalized spacial score (nSPS) is 12.6. The molecular formula is C84H161NO5. The van der Waals surface area contributed by atoms with Crippen molar-refractivity contribution in [1.82, 2.24) is 5.32 Å². The average molecular weight is 1270 g/mol. The summed E-state index contributed by atoms with van der Waals surface area (Å²) in [6.07, 6.45) is 104. The molecule has 532 valence electrons. The molecule has 0 heterocycles.